The third kappa shape index (κ3) is 7.25. The Bertz CT molecular complexity index is 897. The van der Waals surface area contributed by atoms with E-state index in [0.29, 0.717) is 17.8 Å². The van der Waals surface area contributed by atoms with E-state index in [4.69, 9.17) is 14.0 Å². The number of rotatable bonds is 8. The van der Waals surface area contributed by atoms with Crippen LogP contribution in [0, 0.1) is 10.1 Å². The molecule has 0 unspecified atom stereocenters. The smallest absolute Gasteiger partial charge is 0.415 e. The molecule has 0 bridgehead atoms. The highest BCUT2D eigenvalue weighted by Gasteiger charge is 2.43. The molecular formula is C21H32N4O7Si. The molecule has 1 aromatic rings. The minimum Gasteiger partial charge on any atom is -0.444 e. The molecule has 0 aromatic heterocycles. The fourth-order valence-corrected chi connectivity index (χ4v) is 4.15. The van der Waals surface area contributed by atoms with Crippen LogP contribution in [0.5, 0.6) is 0 Å². The third-order valence-electron chi connectivity index (χ3n) is 5.75. The summed E-state index contributed by atoms with van der Waals surface area (Å²) in [5.41, 5.74) is 0.564. The Labute approximate surface area is 194 Å². The maximum absolute atomic E-state index is 12.8. The van der Waals surface area contributed by atoms with Crippen LogP contribution >= 0.6 is 0 Å². The zero-order valence-electron chi connectivity index (χ0n) is 19.9. The number of likely N-dealkylation sites (tertiary alicyclic amines) is 1. The van der Waals surface area contributed by atoms with Crippen LogP contribution in [0.2, 0.25) is 18.1 Å². The van der Waals surface area contributed by atoms with Gasteiger partial charge in [0, 0.05) is 25.6 Å². The predicted octanol–water partition coefficient (Wildman–Crippen LogP) is 3.40. The topological polar surface area (TPSA) is 133 Å². The molecule has 1 heterocycles. The molecule has 0 aliphatic carbocycles. The lowest BCUT2D eigenvalue weighted by Crippen LogP contribution is -2.44. The zero-order valence-corrected chi connectivity index (χ0v) is 20.9. The van der Waals surface area contributed by atoms with Crippen molar-refractivity contribution in [1.82, 2.24) is 10.2 Å². The van der Waals surface area contributed by atoms with Crippen molar-refractivity contribution >= 4 is 31.8 Å². The van der Waals surface area contributed by atoms with E-state index in [2.05, 4.69) is 44.3 Å². The van der Waals surface area contributed by atoms with Crippen molar-refractivity contribution in [3.05, 3.63) is 39.9 Å². The van der Waals surface area contributed by atoms with Gasteiger partial charge in [-0.2, -0.15) is 0 Å². The second-order valence-electron chi connectivity index (χ2n) is 9.25. The van der Waals surface area contributed by atoms with Crippen molar-refractivity contribution in [2.45, 2.75) is 58.0 Å². The van der Waals surface area contributed by atoms with Crippen LogP contribution in [0.25, 0.3) is 0 Å². The summed E-state index contributed by atoms with van der Waals surface area (Å²) in [5, 5.41) is 17.2. The molecule has 2 rings (SSSR count). The highest BCUT2D eigenvalue weighted by Crippen LogP contribution is 2.38. The van der Waals surface area contributed by atoms with Gasteiger partial charge in [-0.05, 0) is 35.8 Å². The number of carbonyl (C=O) groups excluding carboxylic acids is 2. The van der Waals surface area contributed by atoms with Crippen molar-refractivity contribution in [3.63, 3.8) is 0 Å². The largest absolute Gasteiger partial charge is 0.444 e. The van der Waals surface area contributed by atoms with Crippen LogP contribution in [-0.4, -0.2) is 62.3 Å². The number of likely N-dealkylation sites (N-methyl/N-ethyl adjacent to an activating group) is 1. The highest BCUT2D eigenvalue weighted by atomic mass is 28.4. The van der Waals surface area contributed by atoms with Crippen LogP contribution < -0.4 is 5.32 Å². The zero-order chi connectivity index (χ0) is 24.8. The highest BCUT2D eigenvalue weighted by molar-refractivity contribution is 6.74. The average Bonchev–Trinajstić information content (AvgIpc) is 3.13. The quantitative estimate of drug-likeness (QED) is 0.342. The number of carbonyl (C=O) groups is 2. The summed E-state index contributed by atoms with van der Waals surface area (Å²) >= 11 is 0. The van der Waals surface area contributed by atoms with Crippen LogP contribution in [0.15, 0.2) is 29.4 Å². The van der Waals surface area contributed by atoms with Crippen molar-refractivity contribution in [2.75, 3.05) is 20.2 Å². The van der Waals surface area contributed by atoms with Crippen LogP contribution in [0.3, 0.4) is 0 Å². The molecule has 12 heteroatoms. The number of nitrogens with one attached hydrogen (secondary N) is 1. The van der Waals surface area contributed by atoms with Gasteiger partial charge < -0.3 is 19.3 Å². The van der Waals surface area contributed by atoms with Gasteiger partial charge in [0.05, 0.1) is 17.6 Å². The second-order valence-corrected chi connectivity index (χ2v) is 14.0. The summed E-state index contributed by atoms with van der Waals surface area (Å²) in [4.78, 5) is 41.0. The minimum atomic E-state index is -2.10. The Morgan fingerprint density at radius 1 is 1.27 bits per heavy atom. The van der Waals surface area contributed by atoms with Crippen LogP contribution in [0.4, 0.5) is 10.5 Å². The lowest BCUT2D eigenvalue weighted by Gasteiger charge is -2.38. The Kier molecular flexibility index (Phi) is 8.55. The molecular weight excluding hydrogens is 448 g/mol. The van der Waals surface area contributed by atoms with Crippen molar-refractivity contribution in [1.29, 1.82) is 0 Å². The lowest BCUT2D eigenvalue weighted by molar-refractivity contribution is -0.384. The van der Waals surface area contributed by atoms with Crippen LogP contribution in [0.1, 0.15) is 32.8 Å². The molecule has 2 amide bonds. The fourth-order valence-electron chi connectivity index (χ4n) is 2.80. The molecule has 0 spiro atoms. The number of hydrogen-bond acceptors (Lipinski definition) is 8. The van der Waals surface area contributed by atoms with Gasteiger partial charge in [0.15, 0.2) is 20.8 Å². The van der Waals surface area contributed by atoms with Gasteiger partial charge >= 0.3 is 6.09 Å². The van der Waals surface area contributed by atoms with Crippen LogP contribution in [-0.2, 0) is 25.4 Å². The summed E-state index contributed by atoms with van der Waals surface area (Å²) in [5.74, 6) is -0.0324. The number of amidine groups is 1. The monoisotopic (exact) mass is 480 g/mol. The molecule has 11 nitrogen and oxygen atoms in total. The van der Waals surface area contributed by atoms with E-state index in [1.807, 2.05) is 0 Å². The minimum absolute atomic E-state index is 0.0100. The number of amides is 2. The van der Waals surface area contributed by atoms with Crippen molar-refractivity contribution < 1.29 is 28.5 Å². The number of benzene rings is 1. The number of nitrogens with zero attached hydrogens (tertiary/aromatic N) is 3. The molecule has 0 saturated carbocycles. The molecule has 1 aromatic carbocycles. The maximum Gasteiger partial charge on any atom is 0.415 e. The van der Waals surface area contributed by atoms with Gasteiger partial charge in [-0.1, -0.05) is 25.9 Å². The van der Waals surface area contributed by atoms with E-state index >= 15 is 0 Å². The number of ether oxygens (including phenoxy) is 1. The summed E-state index contributed by atoms with van der Waals surface area (Å²) in [6, 6.07) is 5.75. The van der Waals surface area contributed by atoms with Gasteiger partial charge in [-0.25, -0.2) is 4.79 Å². The number of nitro benzene ring substituents is 1. The van der Waals surface area contributed by atoms with Gasteiger partial charge in [0.25, 0.3) is 11.6 Å². The SMILES string of the molecule is CNC(=O)CON=C1C[C@@H](O[Si](C)(C)C(C)(C)C)CN1C(=O)OCc1ccc([N+](=O)[O-])cc1. The third-order valence-corrected chi connectivity index (χ3v) is 10.3. The molecule has 1 fully saturated rings. The molecule has 0 radical (unpaired) electrons. The Morgan fingerprint density at radius 2 is 1.91 bits per heavy atom. The average molecular weight is 481 g/mol. The molecule has 1 saturated heterocycles. The lowest BCUT2D eigenvalue weighted by atomic mass is 10.2. The first-order valence-corrected chi connectivity index (χ1v) is 13.5. The van der Waals surface area contributed by atoms with E-state index in [1.165, 1.54) is 36.2 Å². The summed E-state index contributed by atoms with van der Waals surface area (Å²) in [6.45, 7) is 10.5. The van der Waals surface area contributed by atoms with E-state index in [1.54, 1.807) is 0 Å². The Hall–Kier alpha value is -2.99. The second kappa shape index (κ2) is 10.7. The molecule has 33 heavy (non-hydrogen) atoms. The molecule has 1 atom stereocenters. The number of non-ortho nitro benzene ring substituents is 1. The first-order valence-electron chi connectivity index (χ1n) is 10.6. The Balaban J connectivity index is 2.09. The summed E-state index contributed by atoms with van der Waals surface area (Å²) in [6.07, 6.45) is -0.579. The molecule has 1 aliphatic heterocycles. The molecule has 1 aliphatic rings. The number of nitro groups is 1. The van der Waals surface area contributed by atoms with Gasteiger partial charge in [-0.15, -0.1) is 0 Å². The Morgan fingerprint density at radius 3 is 2.45 bits per heavy atom. The van der Waals surface area contributed by atoms with Gasteiger partial charge in [0.1, 0.15) is 6.61 Å². The first kappa shape index (κ1) is 26.3. The van der Waals surface area contributed by atoms with E-state index in [9.17, 15) is 19.7 Å². The van der Waals surface area contributed by atoms with E-state index < -0.39 is 19.3 Å². The van der Waals surface area contributed by atoms with E-state index in [-0.39, 0.29) is 42.5 Å². The molecule has 1 N–H and O–H groups in total. The standard InChI is InChI=1S/C21H32N4O7Si/c1-21(2,3)33(5,6)32-17-11-18(23-31-14-19(26)22-4)24(12-17)20(27)30-13-15-7-9-16(10-8-15)25(28)29/h7-10,17H,11-14H2,1-6H3,(H,22,26)/t17-/m1/s1. The number of oxime groups is 1. The first-order chi connectivity index (χ1) is 15.3. The summed E-state index contributed by atoms with van der Waals surface area (Å²) < 4.78 is 11.8. The fraction of sp³-hybridized carbons (Fsp3) is 0.571. The number of hydrogen-bond donors (Lipinski definition) is 1. The van der Waals surface area contributed by atoms with E-state index in [0.717, 1.165) is 0 Å². The van der Waals surface area contributed by atoms with Gasteiger partial charge in [-0.3, -0.25) is 19.8 Å². The van der Waals surface area contributed by atoms with Crippen molar-refractivity contribution in [3.8, 4) is 0 Å². The predicted molar refractivity (Wildman–Crippen MR) is 124 cm³/mol. The van der Waals surface area contributed by atoms with Gasteiger partial charge in [0.2, 0.25) is 0 Å². The normalized spacial score (nSPS) is 17.7. The van der Waals surface area contributed by atoms with Crippen molar-refractivity contribution in [2.24, 2.45) is 5.16 Å². The molecule has 182 valence electrons. The summed E-state index contributed by atoms with van der Waals surface area (Å²) in [7, 11) is -0.613. The maximum atomic E-state index is 12.8.